The lowest BCUT2D eigenvalue weighted by Gasteiger charge is -2.22. The number of hydrogen-bond donors (Lipinski definition) is 1. The summed E-state index contributed by atoms with van der Waals surface area (Å²) in [6.07, 6.45) is 2.07. The summed E-state index contributed by atoms with van der Waals surface area (Å²) in [5.41, 5.74) is 2.14. The van der Waals surface area contributed by atoms with Gasteiger partial charge in [-0.3, -0.25) is 9.69 Å². The van der Waals surface area contributed by atoms with Crippen LogP contribution in [0.15, 0.2) is 48.5 Å². The van der Waals surface area contributed by atoms with Crippen molar-refractivity contribution >= 4 is 11.9 Å². The van der Waals surface area contributed by atoms with Crippen LogP contribution in [0.1, 0.15) is 37.0 Å². The molecule has 27 heavy (non-hydrogen) atoms. The lowest BCUT2D eigenvalue weighted by atomic mass is 9.91. The van der Waals surface area contributed by atoms with Crippen LogP contribution in [0.25, 0.3) is 0 Å². The summed E-state index contributed by atoms with van der Waals surface area (Å²) in [5.74, 6) is 0.477. The van der Waals surface area contributed by atoms with E-state index in [-0.39, 0.29) is 25.1 Å². The molecule has 2 aromatic rings. The largest absolute Gasteiger partial charge is 0.492 e. The number of urea groups is 1. The molecule has 0 aromatic heterocycles. The molecule has 1 heterocycles. The van der Waals surface area contributed by atoms with Crippen LogP contribution in [0.5, 0.6) is 5.75 Å². The van der Waals surface area contributed by atoms with E-state index in [9.17, 15) is 9.59 Å². The number of nitrogens with zero attached hydrogens (tertiary/aromatic N) is 1. The molecule has 5 nitrogen and oxygen atoms in total. The number of benzene rings is 2. The molecule has 1 aliphatic heterocycles. The van der Waals surface area contributed by atoms with E-state index in [1.807, 2.05) is 55.5 Å². The maximum Gasteiger partial charge on any atom is 0.325 e. The quantitative estimate of drug-likeness (QED) is 0.759. The maximum atomic E-state index is 12.9. The van der Waals surface area contributed by atoms with E-state index in [1.54, 1.807) is 6.92 Å². The Bertz CT molecular complexity index is 814. The minimum Gasteiger partial charge on any atom is -0.492 e. The van der Waals surface area contributed by atoms with Crippen molar-refractivity contribution in [3.63, 3.8) is 0 Å². The molecule has 0 unspecified atom stereocenters. The van der Waals surface area contributed by atoms with Gasteiger partial charge in [0.15, 0.2) is 0 Å². The zero-order chi connectivity index (χ0) is 19.4. The Kier molecular flexibility index (Phi) is 5.49. The third kappa shape index (κ3) is 3.97. The first-order valence-corrected chi connectivity index (χ1v) is 9.37. The molecule has 0 spiro atoms. The second-order valence-electron chi connectivity index (χ2n) is 7.12. The minimum absolute atomic E-state index is 0.210. The van der Waals surface area contributed by atoms with Crippen molar-refractivity contribution in [1.29, 1.82) is 0 Å². The monoisotopic (exact) mass is 366 g/mol. The Morgan fingerprint density at radius 3 is 2.33 bits per heavy atom. The summed E-state index contributed by atoms with van der Waals surface area (Å²) in [5, 5.41) is 2.84. The van der Waals surface area contributed by atoms with Gasteiger partial charge in [-0.2, -0.15) is 0 Å². The number of rotatable bonds is 7. The van der Waals surface area contributed by atoms with Gasteiger partial charge in [0.2, 0.25) is 0 Å². The van der Waals surface area contributed by atoms with E-state index in [1.165, 1.54) is 10.5 Å². The molecule has 1 fully saturated rings. The second kappa shape index (κ2) is 7.82. The van der Waals surface area contributed by atoms with Crippen LogP contribution in [-0.2, 0) is 16.8 Å². The average Bonchev–Trinajstić information content (AvgIpc) is 2.88. The zero-order valence-electron chi connectivity index (χ0n) is 16.1. The number of aryl methyl sites for hydroxylation is 2. The Labute approximate surface area is 160 Å². The van der Waals surface area contributed by atoms with Crippen LogP contribution in [-0.4, -0.2) is 30.0 Å². The lowest BCUT2D eigenvalue weighted by Crippen LogP contribution is -2.41. The Balaban J connectivity index is 1.65. The zero-order valence-corrected chi connectivity index (χ0v) is 16.1. The van der Waals surface area contributed by atoms with Gasteiger partial charge >= 0.3 is 6.03 Å². The molecule has 142 valence electrons. The normalized spacial score (nSPS) is 19.3. The molecule has 2 aromatic carbocycles. The molecular weight excluding hydrogens is 340 g/mol. The van der Waals surface area contributed by atoms with Gasteiger partial charge in [-0.25, -0.2) is 4.79 Å². The summed E-state index contributed by atoms with van der Waals surface area (Å²) < 4.78 is 5.66. The fourth-order valence-electron chi connectivity index (χ4n) is 3.28. The SMILES string of the molecule is CCCc1ccc([C@@]2(C)NC(=O)N(CCOc3ccc(C)cc3)C2=O)cc1. The summed E-state index contributed by atoms with van der Waals surface area (Å²) in [6, 6.07) is 15.2. The van der Waals surface area contributed by atoms with E-state index in [4.69, 9.17) is 4.74 Å². The van der Waals surface area contributed by atoms with E-state index < -0.39 is 5.54 Å². The molecule has 0 radical (unpaired) electrons. The summed E-state index contributed by atoms with van der Waals surface area (Å²) >= 11 is 0. The third-order valence-corrected chi connectivity index (χ3v) is 4.95. The van der Waals surface area contributed by atoms with E-state index in [2.05, 4.69) is 12.2 Å². The van der Waals surface area contributed by atoms with Crippen molar-refractivity contribution in [2.45, 2.75) is 39.2 Å². The van der Waals surface area contributed by atoms with E-state index in [0.29, 0.717) is 0 Å². The Morgan fingerprint density at radius 1 is 1.04 bits per heavy atom. The van der Waals surface area contributed by atoms with Crippen LogP contribution in [0.4, 0.5) is 4.79 Å². The highest BCUT2D eigenvalue weighted by molar-refractivity contribution is 6.07. The molecule has 0 aliphatic carbocycles. The first-order valence-electron chi connectivity index (χ1n) is 9.37. The van der Waals surface area contributed by atoms with Crippen molar-refractivity contribution < 1.29 is 14.3 Å². The maximum absolute atomic E-state index is 12.9. The van der Waals surface area contributed by atoms with Gasteiger partial charge in [-0.05, 0) is 43.5 Å². The first kappa shape index (κ1) is 19.0. The molecule has 1 atom stereocenters. The lowest BCUT2D eigenvalue weighted by molar-refractivity contribution is -0.131. The number of imide groups is 1. The van der Waals surface area contributed by atoms with Crippen molar-refractivity contribution in [3.8, 4) is 5.75 Å². The van der Waals surface area contributed by atoms with Gasteiger partial charge in [0.05, 0.1) is 6.54 Å². The number of amides is 3. The highest BCUT2D eigenvalue weighted by Gasteiger charge is 2.48. The topological polar surface area (TPSA) is 58.6 Å². The van der Waals surface area contributed by atoms with Crippen molar-refractivity contribution in [1.82, 2.24) is 10.2 Å². The van der Waals surface area contributed by atoms with Gasteiger partial charge < -0.3 is 10.1 Å². The van der Waals surface area contributed by atoms with Crippen molar-refractivity contribution in [2.75, 3.05) is 13.2 Å². The molecule has 3 rings (SSSR count). The number of carbonyl (C=O) groups excluding carboxylic acids is 2. The fraction of sp³-hybridized carbons (Fsp3) is 0.364. The second-order valence-corrected chi connectivity index (χ2v) is 7.12. The molecule has 1 saturated heterocycles. The number of hydrogen-bond acceptors (Lipinski definition) is 3. The molecule has 3 amide bonds. The highest BCUT2D eigenvalue weighted by atomic mass is 16.5. The predicted molar refractivity (Wildman–Crippen MR) is 105 cm³/mol. The smallest absolute Gasteiger partial charge is 0.325 e. The Morgan fingerprint density at radius 2 is 1.70 bits per heavy atom. The molecular formula is C22H26N2O3. The molecule has 1 aliphatic rings. The minimum atomic E-state index is -1.04. The van der Waals surface area contributed by atoms with E-state index >= 15 is 0 Å². The van der Waals surface area contributed by atoms with Gasteiger partial charge in [0.1, 0.15) is 17.9 Å². The van der Waals surface area contributed by atoms with Crippen LogP contribution >= 0.6 is 0 Å². The van der Waals surface area contributed by atoms with Crippen LogP contribution in [0, 0.1) is 6.92 Å². The fourth-order valence-corrected chi connectivity index (χ4v) is 3.28. The number of carbonyl (C=O) groups is 2. The summed E-state index contributed by atoms with van der Waals surface area (Å²) in [6.45, 7) is 6.36. The number of ether oxygens (including phenoxy) is 1. The number of nitrogens with one attached hydrogen (secondary N) is 1. The summed E-state index contributed by atoms with van der Waals surface area (Å²) in [7, 11) is 0. The third-order valence-electron chi connectivity index (χ3n) is 4.95. The Hall–Kier alpha value is -2.82. The van der Waals surface area contributed by atoms with E-state index in [0.717, 1.165) is 29.7 Å². The van der Waals surface area contributed by atoms with Crippen molar-refractivity contribution in [3.05, 3.63) is 65.2 Å². The van der Waals surface area contributed by atoms with Gasteiger partial charge in [0.25, 0.3) is 5.91 Å². The molecule has 0 saturated carbocycles. The van der Waals surface area contributed by atoms with Crippen LogP contribution < -0.4 is 10.1 Å². The molecule has 1 N–H and O–H groups in total. The van der Waals surface area contributed by atoms with Gasteiger partial charge in [0, 0.05) is 0 Å². The highest BCUT2D eigenvalue weighted by Crippen LogP contribution is 2.29. The first-order chi connectivity index (χ1) is 12.9. The predicted octanol–water partition coefficient (Wildman–Crippen LogP) is 3.79. The summed E-state index contributed by atoms with van der Waals surface area (Å²) in [4.78, 5) is 26.5. The van der Waals surface area contributed by atoms with Gasteiger partial charge in [-0.1, -0.05) is 55.3 Å². The molecule has 5 heteroatoms. The average molecular weight is 366 g/mol. The standard InChI is InChI=1S/C22H26N2O3/c1-4-5-17-8-10-18(11-9-17)22(3)20(25)24(21(26)23-22)14-15-27-19-12-6-16(2)7-13-19/h6-13H,4-5,14-15H2,1-3H3,(H,23,26)/t22-/m1/s1. The van der Waals surface area contributed by atoms with Crippen LogP contribution in [0.2, 0.25) is 0 Å². The van der Waals surface area contributed by atoms with Crippen LogP contribution in [0.3, 0.4) is 0 Å². The molecule has 0 bridgehead atoms. The van der Waals surface area contributed by atoms with Gasteiger partial charge in [-0.15, -0.1) is 0 Å². The van der Waals surface area contributed by atoms with Crippen molar-refractivity contribution in [2.24, 2.45) is 0 Å².